The summed E-state index contributed by atoms with van der Waals surface area (Å²) >= 11 is 0. The van der Waals surface area contributed by atoms with Crippen molar-refractivity contribution in [3.05, 3.63) is 22.0 Å². The number of alkyl halides is 6. The molecule has 0 aliphatic heterocycles. The number of sulfonamides is 1. The average molecular weight is 355 g/mol. The molecule has 0 radical (unpaired) electrons. The molecule has 0 amide bonds. The van der Waals surface area contributed by atoms with E-state index in [1.54, 1.807) is 0 Å². The first-order chi connectivity index (χ1) is 9.64. The molecule has 0 aliphatic rings. The first-order valence-corrected chi connectivity index (χ1v) is 6.22. The Morgan fingerprint density at radius 2 is 1.73 bits per heavy atom. The van der Waals surface area contributed by atoms with Gasteiger partial charge in [-0.3, -0.25) is 10.1 Å². The van der Waals surface area contributed by atoms with E-state index in [0.29, 0.717) is 0 Å². The fraction of sp³-hybridized carbons (Fsp3) is 0.286. The number of nitrogens with zero attached hydrogens (tertiary/aromatic N) is 2. The highest BCUT2D eigenvalue weighted by Gasteiger charge is 2.46. The van der Waals surface area contributed by atoms with Crippen molar-refractivity contribution in [3.8, 4) is 5.75 Å². The van der Waals surface area contributed by atoms with Crippen LogP contribution in [0.15, 0.2) is 11.1 Å². The van der Waals surface area contributed by atoms with E-state index < -0.39 is 49.5 Å². The molecular formula is C7H3F6N3O5S. The monoisotopic (exact) mass is 355 g/mol. The first-order valence-electron chi connectivity index (χ1n) is 4.67. The highest BCUT2D eigenvalue weighted by molar-refractivity contribution is 7.89. The van der Waals surface area contributed by atoms with E-state index in [4.69, 9.17) is 0 Å². The van der Waals surface area contributed by atoms with Gasteiger partial charge in [-0.2, -0.15) is 13.2 Å². The maximum absolute atomic E-state index is 12.6. The molecule has 1 heterocycles. The van der Waals surface area contributed by atoms with Crippen LogP contribution >= 0.6 is 0 Å². The molecule has 0 saturated carbocycles. The number of rotatable bonds is 3. The minimum Gasteiger partial charge on any atom is -0.397 e. The van der Waals surface area contributed by atoms with Gasteiger partial charge < -0.3 is 4.74 Å². The maximum atomic E-state index is 12.6. The number of hydrogen-bond acceptors (Lipinski definition) is 6. The summed E-state index contributed by atoms with van der Waals surface area (Å²) in [6, 6.07) is 0. The van der Waals surface area contributed by atoms with Crippen LogP contribution in [0.2, 0.25) is 0 Å². The van der Waals surface area contributed by atoms with Crippen LogP contribution in [0.1, 0.15) is 5.69 Å². The van der Waals surface area contributed by atoms with E-state index >= 15 is 0 Å². The second kappa shape index (κ2) is 5.24. The van der Waals surface area contributed by atoms with Gasteiger partial charge in [-0.25, -0.2) is 18.5 Å². The molecule has 0 atom stereocenters. The van der Waals surface area contributed by atoms with E-state index in [2.05, 4.69) is 14.9 Å². The summed E-state index contributed by atoms with van der Waals surface area (Å²) in [6.07, 6.45) is -11.3. The average Bonchev–Trinajstić information content (AvgIpc) is 2.22. The number of nitro groups is 1. The number of aromatic nitrogens is 1. The van der Waals surface area contributed by atoms with Gasteiger partial charge in [0, 0.05) is 0 Å². The van der Waals surface area contributed by atoms with Gasteiger partial charge in [0.15, 0.2) is 10.6 Å². The fourth-order valence-electron chi connectivity index (χ4n) is 1.31. The Bertz CT molecular complexity index is 713. The van der Waals surface area contributed by atoms with Gasteiger partial charge in [0.2, 0.25) is 15.8 Å². The van der Waals surface area contributed by atoms with Crippen LogP contribution in [0, 0.1) is 10.1 Å². The van der Waals surface area contributed by atoms with Crippen molar-refractivity contribution in [3.63, 3.8) is 0 Å². The Hall–Kier alpha value is -2.16. The lowest BCUT2D eigenvalue weighted by molar-refractivity contribution is -0.392. The molecule has 0 saturated heterocycles. The van der Waals surface area contributed by atoms with Crippen molar-refractivity contribution in [2.75, 3.05) is 0 Å². The summed E-state index contributed by atoms with van der Waals surface area (Å²) in [4.78, 5) is 9.09. The fourth-order valence-corrected chi connectivity index (χ4v) is 2.19. The standard InChI is InChI=1S/C7H3F6N3O5S/c8-6(9,10)5-4(22(14,19)20)3(16(17)18)2(1-15-5)21-7(11,12)13/h1H,(H2,14,19,20). The third kappa shape index (κ3) is 3.94. The van der Waals surface area contributed by atoms with Gasteiger partial charge in [0.25, 0.3) is 0 Å². The van der Waals surface area contributed by atoms with Crippen LogP contribution in [0.3, 0.4) is 0 Å². The number of pyridine rings is 1. The molecule has 0 aliphatic carbocycles. The predicted molar refractivity (Wildman–Crippen MR) is 53.9 cm³/mol. The second-order valence-corrected chi connectivity index (χ2v) is 4.99. The van der Waals surface area contributed by atoms with Crippen molar-refractivity contribution in [2.24, 2.45) is 5.14 Å². The Balaban J connectivity index is 3.86. The van der Waals surface area contributed by atoms with Crippen LogP contribution < -0.4 is 9.88 Å². The van der Waals surface area contributed by atoms with Crippen molar-refractivity contribution in [1.29, 1.82) is 0 Å². The van der Waals surface area contributed by atoms with Gasteiger partial charge in [0.1, 0.15) is 0 Å². The summed E-state index contributed by atoms with van der Waals surface area (Å²) in [5.41, 5.74) is -4.46. The molecule has 2 N–H and O–H groups in total. The second-order valence-electron chi connectivity index (χ2n) is 3.50. The third-order valence-corrected chi connectivity index (χ3v) is 2.89. The van der Waals surface area contributed by atoms with Gasteiger partial charge in [0.05, 0.1) is 11.1 Å². The first kappa shape index (κ1) is 17.9. The summed E-state index contributed by atoms with van der Waals surface area (Å²) in [7, 11) is -5.44. The Morgan fingerprint density at radius 1 is 1.23 bits per heavy atom. The maximum Gasteiger partial charge on any atom is 0.573 e. The molecule has 0 unspecified atom stereocenters. The van der Waals surface area contributed by atoms with E-state index in [0.717, 1.165) is 0 Å². The Kier molecular flexibility index (Phi) is 4.26. The molecule has 22 heavy (non-hydrogen) atoms. The van der Waals surface area contributed by atoms with Crippen molar-refractivity contribution < 1.29 is 44.4 Å². The molecule has 1 rings (SSSR count). The zero-order chi connectivity index (χ0) is 17.5. The number of halogens is 6. The summed E-state index contributed by atoms with van der Waals surface area (Å²) in [6.45, 7) is 0. The minimum absolute atomic E-state index is 0.275. The van der Waals surface area contributed by atoms with Gasteiger partial charge in [-0.05, 0) is 0 Å². The Labute approximate surface area is 116 Å². The molecule has 0 aromatic carbocycles. The van der Waals surface area contributed by atoms with Crippen molar-refractivity contribution in [2.45, 2.75) is 17.4 Å². The number of hydrogen-bond donors (Lipinski definition) is 1. The largest absolute Gasteiger partial charge is 0.573 e. The van der Waals surface area contributed by atoms with Crippen molar-refractivity contribution >= 4 is 15.7 Å². The lowest BCUT2D eigenvalue weighted by Crippen LogP contribution is -2.24. The highest BCUT2D eigenvalue weighted by atomic mass is 32.2. The smallest absolute Gasteiger partial charge is 0.397 e. The van der Waals surface area contributed by atoms with Crippen LogP contribution in [-0.2, 0) is 16.2 Å². The molecule has 0 fully saturated rings. The predicted octanol–water partition coefficient (Wildman–Crippen LogP) is 1.55. The molecule has 1 aromatic heterocycles. The van der Waals surface area contributed by atoms with Crippen LogP contribution in [0.5, 0.6) is 5.75 Å². The lowest BCUT2D eigenvalue weighted by atomic mass is 10.3. The quantitative estimate of drug-likeness (QED) is 0.498. The molecule has 0 spiro atoms. The summed E-state index contributed by atoms with van der Waals surface area (Å²) in [5, 5.41) is 15.1. The van der Waals surface area contributed by atoms with E-state index in [-0.39, 0.29) is 6.20 Å². The zero-order valence-electron chi connectivity index (χ0n) is 9.77. The molecule has 0 bridgehead atoms. The Morgan fingerprint density at radius 3 is 2.05 bits per heavy atom. The van der Waals surface area contributed by atoms with Crippen LogP contribution in [-0.4, -0.2) is 24.7 Å². The molecule has 8 nitrogen and oxygen atoms in total. The van der Waals surface area contributed by atoms with E-state index in [1.165, 1.54) is 0 Å². The number of ether oxygens (including phenoxy) is 1. The normalized spacial score (nSPS) is 13.0. The van der Waals surface area contributed by atoms with Gasteiger partial charge in [-0.15, -0.1) is 13.2 Å². The van der Waals surface area contributed by atoms with E-state index in [1.807, 2.05) is 0 Å². The third-order valence-electron chi connectivity index (χ3n) is 1.94. The zero-order valence-corrected chi connectivity index (χ0v) is 10.6. The molecular weight excluding hydrogens is 352 g/mol. The number of nitrogens with two attached hydrogens (primary N) is 1. The SMILES string of the molecule is NS(=O)(=O)c1c(C(F)(F)F)ncc(OC(F)(F)F)c1[N+](=O)[O-]. The minimum atomic E-state index is -5.54. The molecule has 15 heteroatoms. The topological polar surface area (TPSA) is 125 Å². The summed E-state index contributed by atoms with van der Waals surface area (Å²) < 4.78 is 99.5. The van der Waals surface area contributed by atoms with Crippen molar-refractivity contribution in [1.82, 2.24) is 4.98 Å². The molecule has 1 aromatic rings. The van der Waals surface area contributed by atoms with E-state index in [9.17, 15) is 44.9 Å². The summed E-state index contributed by atoms with van der Waals surface area (Å²) in [5.74, 6) is -1.85. The lowest BCUT2D eigenvalue weighted by Gasteiger charge is -2.14. The van der Waals surface area contributed by atoms with Crippen LogP contribution in [0.25, 0.3) is 0 Å². The number of primary sulfonamides is 1. The van der Waals surface area contributed by atoms with Crippen LogP contribution in [0.4, 0.5) is 32.0 Å². The van der Waals surface area contributed by atoms with Gasteiger partial charge in [-0.1, -0.05) is 0 Å². The molecule has 124 valence electrons. The highest BCUT2D eigenvalue weighted by Crippen LogP contribution is 2.42. The van der Waals surface area contributed by atoms with Gasteiger partial charge >= 0.3 is 18.2 Å².